The molecule has 9 heteroatoms. The van der Waals surface area contributed by atoms with Crippen molar-refractivity contribution in [2.45, 2.75) is 4.90 Å². The molecule has 106 valence electrons. The highest BCUT2D eigenvalue weighted by atomic mass is 79.9. The zero-order valence-electron chi connectivity index (χ0n) is 9.77. The van der Waals surface area contributed by atoms with Crippen LogP contribution in [0.3, 0.4) is 0 Å². The van der Waals surface area contributed by atoms with Gasteiger partial charge in [0.15, 0.2) is 0 Å². The maximum atomic E-state index is 13.2. The molecule has 2 aromatic rings. The summed E-state index contributed by atoms with van der Waals surface area (Å²) in [6, 6.07) is 5.18. The first kappa shape index (κ1) is 15.2. The van der Waals surface area contributed by atoms with E-state index in [-0.39, 0.29) is 20.7 Å². The molecule has 0 atom stereocenters. The highest BCUT2D eigenvalue weighted by molar-refractivity contribution is 9.10. The van der Waals surface area contributed by atoms with E-state index in [4.69, 9.17) is 5.73 Å². The standard InChI is InChI=1S/C11H8Br2FN3O2S/c12-7-3-8(14)9(15)4-10(7)20(18,19)17-6-1-2-11(13)16-5-6/h1-5,17H,15H2. The lowest BCUT2D eigenvalue weighted by Crippen LogP contribution is -2.14. The van der Waals surface area contributed by atoms with Gasteiger partial charge in [0.2, 0.25) is 0 Å². The molecular formula is C11H8Br2FN3O2S. The Labute approximate surface area is 131 Å². The molecule has 0 aliphatic carbocycles. The summed E-state index contributed by atoms with van der Waals surface area (Å²) in [6.07, 6.45) is 1.35. The van der Waals surface area contributed by atoms with Crippen LogP contribution in [0.25, 0.3) is 0 Å². The first-order valence-electron chi connectivity index (χ1n) is 5.18. The summed E-state index contributed by atoms with van der Waals surface area (Å²) >= 11 is 6.15. The number of nitrogens with two attached hydrogens (primary N) is 1. The Morgan fingerprint density at radius 3 is 2.55 bits per heavy atom. The third kappa shape index (κ3) is 3.28. The van der Waals surface area contributed by atoms with Gasteiger partial charge in [-0.2, -0.15) is 0 Å². The van der Waals surface area contributed by atoms with Crippen LogP contribution in [0, 0.1) is 5.82 Å². The van der Waals surface area contributed by atoms with Crippen molar-refractivity contribution in [1.82, 2.24) is 4.98 Å². The van der Waals surface area contributed by atoms with Crippen molar-refractivity contribution in [3.05, 3.63) is 45.4 Å². The van der Waals surface area contributed by atoms with Gasteiger partial charge in [0.25, 0.3) is 10.0 Å². The summed E-state index contributed by atoms with van der Waals surface area (Å²) in [5.74, 6) is -0.693. The predicted molar refractivity (Wildman–Crippen MR) is 81.3 cm³/mol. The number of aromatic nitrogens is 1. The van der Waals surface area contributed by atoms with E-state index in [9.17, 15) is 12.8 Å². The summed E-state index contributed by atoms with van der Waals surface area (Å²) in [6.45, 7) is 0. The molecule has 0 fully saturated rings. The van der Waals surface area contributed by atoms with Crippen molar-refractivity contribution in [1.29, 1.82) is 0 Å². The van der Waals surface area contributed by atoms with Crippen LogP contribution in [-0.4, -0.2) is 13.4 Å². The zero-order chi connectivity index (χ0) is 14.9. The fourth-order valence-corrected chi connectivity index (χ4v) is 3.73. The second-order valence-corrected chi connectivity index (χ2v) is 7.10. The zero-order valence-corrected chi connectivity index (χ0v) is 13.8. The highest BCUT2D eigenvalue weighted by Gasteiger charge is 2.20. The number of anilines is 2. The molecule has 0 aliphatic heterocycles. The number of nitrogens with zero attached hydrogens (tertiary/aromatic N) is 1. The first-order chi connectivity index (χ1) is 9.29. The fraction of sp³-hybridized carbons (Fsp3) is 0. The molecule has 1 aromatic heterocycles. The van der Waals surface area contributed by atoms with Crippen molar-refractivity contribution >= 4 is 53.3 Å². The number of sulfonamides is 1. The van der Waals surface area contributed by atoms with Crippen LogP contribution >= 0.6 is 31.9 Å². The van der Waals surface area contributed by atoms with Crippen LogP contribution in [0.4, 0.5) is 15.8 Å². The molecule has 1 aromatic carbocycles. The van der Waals surface area contributed by atoms with Gasteiger partial charge in [0.05, 0.1) is 17.6 Å². The molecule has 0 aliphatic rings. The topological polar surface area (TPSA) is 85.1 Å². The van der Waals surface area contributed by atoms with Crippen molar-refractivity contribution in [2.75, 3.05) is 10.5 Å². The van der Waals surface area contributed by atoms with Crippen LogP contribution in [0.5, 0.6) is 0 Å². The van der Waals surface area contributed by atoms with Gasteiger partial charge in [0, 0.05) is 4.47 Å². The van der Waals surface area contributed by atoms with E-state index >= 15 is 0 Å². The summed E-state index contributed by atoms with van der Waals surface area (Å²) in [4.78, 5) is 3.75. The number of nitrogens with one attached hydrogen (secondary N) is 1. The van der Waals surface area contributed by atoms with E-state index < -0.39 is 15.8 Å². The number of benzene rings is 1. The third-order valence-corrected chi connectivity index (χ3v) is 5.13. The van der Waals surface area contributed by atoms with Crippen LogP contribution in [-0.2, 0) is 10.0 Å². The van der Waals surface area contributed by atoms with Gasteiger partial charge < -0.3 is 5.73 Å². The average Bonchev–Trinajstić information content (AvgIpc) is 2.36. The molecule has 5 nitrogen and oxygen atoms in total. The Hall–Kier alpha value is -1.19. The molecule has 0 amide bonds. The van der Waals surface area contributed by atoms with E-state index in [1.165, 1.54) is 12.3 Å². The van der Waals surface area contributed by atoms with E-state index in [2.05, 4.69) is 41.6 Å². The van der Waals surface area contributed by atoms with Crippen molar-refractivity contribution in [3.8, 4) is 0 Å². The first-order valence-corrected chi connectivity index (χ1v) is 8.25. The lowest BCUT2D eigenvalue weighted by molar-refractivity contribution is 0.599. The van der Waals surface area contributed by atoms with Crippen LogP contribution in [0.15, 0.2) is 44.4 Å². The fourth-order valence-electron chi connectivity index (χ4n) is 1.40. The molecule has 0 saturated carbocycles. The molecule has 0 radical (unpaired) electrons. The number of nitrogen functional groups attached to an aromatic ring is 1. The van der Waals surface area contributed by atoms with Gasteiger partial charge in [-0.05, 0) is 56.1 Å². The minimum atomic E-state index is -3.89. The van der Waals surface area contributed by atoms with E-state index in [0.717, 1.165) is 12.1 Å². The predicted octanol–water partition coefficient (Wildman–Crippen LogP) is 3.13. The molecule has 0 saturated heterocycles. The normalized spacial score (nSPS) is 11.3. The lowest BCUT2D eigenvalue weighted by Gasteiger charge is -2.10. The van der Waals surface area contributed by atoms with Gasteiger partial charge in [-0.15, -0.1) is 0 Å². The minimum absolute atomic E-state index is 0.0850. The van der Waals surface area contributed by atoms with Gasteiger partial charge in [-0.3, -0.25) is 4.72 Å². The Kier molecular flexibility index (Phi) is 4.31. The van der Waals surface area contributed by atoms with Gasteiger partial charge in [-0.25, -0.2) is 17.8 Å². The SMILES string of the molecule is Nc1cc(S(=O)(=O)Nc2ccc(Br)nc2)c(Br)cc1F. The summed E-state index contributed by atoms with van der Waals surface area (Å²) in [5.41, 5.74) is 5.43. The summed E-state index contributed by atoms with van der Waals surface area (Å²) in [5, 5.41) is 0. The summed E-state index contributed by atoms with van der Waals surface area (Å²) in [7, 11) is -3.89. The Morgan fingerprint density at radius 1 is 1.25 bits per heavy atom. The Balaban J connectivity index is 2.40. The van der Waals surface area contributed by atoms with E-state index in [1.807, 2.05) is 0 Å². The molecule has 0 bridgehead atoms. The number of pyridine rings is 1. The third-order valence-electron chi connectivity index (χ3n) is 2.32. The maximum Gasteiger partial charge on any atom is 0.263 e. The van der Waals surface area contributed by atoms with Crippen molar-refractivity contribution < 1.29 is 12.8 Å². The van der Waals surface area contributed by atoms with E-state index in [0.29, 0.717) is 4.60 Å². The molecular weight excluding hydrogens is 417 g/mol. The van der Waals surface area contributed by atoms with Crippen molar-refractivity contribution in [2.24, 2.45) is 0 Å². The molecule has 0 spiro atoms. The van der Waals surface area contributed by atoms with Crippen LogP contribution in [0.2, 0.25) is 0 Å². The number of hydrogen-bond acceptors (Lipinski definition) is 4. The molecule has 0 unspecified atom stereocenters. The Morgan fingerprint density at radius 2 is 1.95 bits per heavy atom. The van der Waals surface area contributed by atoms with Crippen LogP contribution in [0.1, 0.15) is 0 Å². The van der Waals surface area contributed by atoms with E-state index in [1.54, 1.807) is 6.07 Å². The number of halogens is 3. The lowest BCUT2D eigenvalue weighted by atomic mass is 10.3. The summed E-state index contributed by atoms with van der Waals surface area (Å²) < 4.78 is 40.6. The van der Waals surface area contributed by atoms with Crippen molar-refractivity contribution in [3.63, 3.8) is 0 Å². The van der Waals surface area contributed by atoms with Gasteiger partial charge in [-0.1, -0.05) is 0 Å². The quantitative estimate of drug-likeness (QED) is 0.585. The maximum absolute atomic E-state index is 13.2. The Bertz CT molecular complexity index is 751. The monoisotopic (exact) mass is 423 g/mol. The van der Waals surface area contributed by atoms with Gasteiger partial charge in [0.1, 0.15) is 15.3 Å². The molecule has 20 heavy (non-hydrogen) atoms. The molecule has 2 rings (SSSR count). The number of rotatable bonds is 3. The second kappa shape index (κ2) is 5.66. The largest absolute Gasteiger partial charge is 0.396 e. The van der Waals surface area contributed by atoms with Crippen LogP contribution < -0.4 is 10.5 Å². The number of hydrogen-bond donors (Lipinski definition) is 2. The second-order valence-electron chi connectivity index (χ2n) is 3.78. The highest BCUT2D eigenvalue weighted by Crippen LogP contribution is 2.28. The smallest absolute Gasteiger partial charge is 0.263 e. The average molecular weight is 425 g/mol. The molecule has 3 N–H and O–H groups in total. The molecule has 1 heterocycles. The van der Waals surface area contributed by atoms with Gasteiger partial charge >= 0.3 is 0 Å². The minimum Gasteiger partial charge on any atom is -0.396 e.